The monoisotopic (exact) mass is 179 g/mol. The van der Waals surface area contributed by atoms with Crippen LogP contribution in [0.3, 0.4) is 0 Å². The third kappa shape index (κ3) is 3.40. The molecule has 13 heavy (non-hydrogen) atoms. The second-order valence-corrected chi connectivity index (χ2v) is 3.84. The molecule has 1 fully saturated rings. The molecular formula is C12H21N. The van der Waals surface area contributed by atoms with E-state index < -0.39 is 0 Å². The van der Waals surface area contributed by atoms with Crippen molar-refractivity contribution in [1.82, 2.24) is 5.32 Å². The van der Waals surface area contributed by atoms with Gasteiger partial charge in [-0.05, 0) is 32.2 Å². The molecule has 2 atom stereocenters. The van der Waals surface area contributed by atoms with Crippen molar-refractivity contribution >= 4 is 0 Å². The quantitative estimate of drug-likeness (QED) is 0.657. The first-order valence-corrected chi connectivity index (χ1v) is 5.51. The first-order chi connectivity index (χ1) is 6.38. The van der Waals surface area contributed by atoms with Gasteiger partial charge in [0, 0.05) is 12.5 Å². The highest BCUT2D eigenvalue weighted by Crippen LogP contribution is 2.26. The summed E-state index contributed by atoms with van der Waals surface area (Å²) in [5.41, 5.74) is 0. The van der Waals surface area contributed by atoms with Crippen LogP contribution in [0.1, 0.15) is 46.0 Å². The Labute approximate surface area is 82.3 Å². The van der Waals surface area contributed by atoms with Gasteiger partial charge in [0.15, 0.2) is 0 Å². The normalized spacial score (nSPS) is 27.8. The fraction of sp³-hybridized carbons (Fsp3) is 0.833. The first kappa shape index (κ1) is 10.6. The predicted octanol–water partition coefficient (Wildman–Crippen LogP) is 2.57. The Hall–Kier alpha value is -0.480. The third-order valence-electron chi connectivity index (χ3n) is 2.92. The van der Waals surface area contributed by atoms with Crippen LogP contribution in [0.15, 0.2) is 0 Å². The molecule has 0 aromatic heterocycles. The van der Waals surface area contributed by atoms with Gasteiger partial charge in [-0.3, -0.25) is 0 Å². The van der Waals surface area contributed by atoms with Crippen molar-refractivity contribution in [3.05, 3.63) is 0 Å². The second kappa shape index (κ2) is 6.05. The molecule has 0 aliphatic heterocycles. The highest BCUT2D eigenvalue weighted by atomic mass is 14.9. The fourth-order valence-electron chi connectivity index (χ4n) is 2.22. The van der Waals surface area contributed by atoms with Crippen LogP contribution < -0.4 is 5.32 Å². The van der Waals surface area contributed by atoms with Crippen molar-refractivity contribution < 1.29 is 0 Å². The summed E-state index contributed by atoms with van der Waals surface area (Å²) < 4.78 is 0. The molecule has 0 saturated heterocycles. The zero-order chi connectivity index (χ0) is 9.52. The maximum absolute atomic E-state index is 3.58. The zero-order valence-corrected chi connectivity index (χ0v) is 8.90. The summed E-state index contributed by atoms with van der Waals surface area (Å²) in [6.07, 6.45) is 6.61. The van der Waals surface area contributed by atoms with E-state index in [1.54, 1.807) is 0 Å². The molecular weight excluding hydrogens is 158 g/mol. The van der Waals surface area contributed by atoms with Gasteiger partial charge in [-0.15, -0.1) is 11.8 Å². The molecule has 1 rings (SSSR count). The van der Waals surface area contributed by atoms with Gasteiger partial charge >= 0.3 is 0 Å². The Balaban J connectivity index is 2.39. The molecule has 0 spiro atoms. The van der Waals surface area contributed by atoms with Crippen LogP contribution in [-0.4, -0.2) is 12.6 Å². The number of hydrogen-bond donors (Lipinski definition) is 1. The molecule has 1 aliphatic carbocycles. The Morgan fingerprint density at radius 2 is 2.08 bits per heavy atom. The van der Waals surface area contributed by atoms with E-state index in [4.69, 9.17) is 0 Å². The van der Waals surface area contributed by atoms with Crippen molar-refractivity contribution in [3.8, 4) is 11.8 Å². The molecule has 1 saturated carbocycles. The molecule has 0 aromatic rings. The molecule has 1 nitrogen and oxygen atoms in total. The summed E-state index contributed by atoms with van der Waals surface area (Å²) in [5, 5.41) is 3.58. The van der Waals surface area contributed by atoms with E-state index >= 15 is 0 Å². The highest BCUT2D eigenvalue weighted by Gasteiger charge is 2.22. The lowest BCUT2D eigenvalue weighted by atomic mass is 9.82. The SMILES string of the molecule is CC#CCC1CCCCC1NCC. The minimum absolute atomic E-state index is 0.736. The lowest BCUT2D eigenvalue weighted by Gasteiger charge is -2.30. The summed E-state index contributed by atoms with van der Waals surface area (Å²) in [6.45, 7) is 5.23. The van der Waals surface area contributed by atoms with Crippen molar-refractivity contribution in [3.63, 3.8) is 0 Å². The van der Waals surface area contributed by atoms with Gasteiger partial charge < -0.3 is 5.32 Å². The predicted molar refractivity (Wildman–Crippen MR) is 57.5 cm³/mol. The summed E-state index contributed by atoms with van der Waals surface area (Å²) in [7, 11) is 0. The molecule has 0 radical (unpaired) electrons. The van der Waals surface area contributed by atoms with Crippen molar-refractivity contribution in [2.75, 3.05) is 6.54 Å². The minimum atomic E-state index is 0.736. The highest BCUT2D eigenvalue weighted by molar-refractivity contribution is 4.99. The summed E-state index contributed by atoms with van der Waals surface area (Å²) in [4.78, 5) is 0. The van der Waals surface area contributed by atoms with Crippen LogP contribution in [0.5, 0.6) is 0 Å². The van der Waals surface area contributed by atoms with Gasteiger partial charge in [0.05, 0.1) is 0 Å². The van der Waals surface area contributed by atoms with Gasteiger partial charge in [-0.25, -0.2) is 0 Å². The summed E-state index contributed by atoms with van der Waals surface area (Å²) in [5.74, 6) is 7.02. The Morgan fingerprint density at radius 3 is 2.77 bits per heavy atom. The van der Waals surface area contributed by atoms with Gasteiger partial charge in [0.1, 0.15) is 0 Å². The smallest absolute Gasteiger partial charge is 0.0132 e. The maximum Gasteiger partial charge on any atom is 0.0132 e. The maximum atomic E-state index is 3.58. The van der Waals surface area contributed by atoms with Crippen LogP contribution in [0, 0.1) is 17.8 Å². The molecule has 0 aromatic carbocycles. The van der Waals surface area contributed by atoms with Crippen LogP contribution in [-0.2, 0) is 0 Å². The molecule has 0 amide bonds. The average molecular weight is 179 g/mol. The van der Waals surface area contributed by atoms with Gasteiger partial charge in [0.25, 0.3) is 0 Å². The van der Waals surface area contributed by atoms with Gasteiger partial charge in [-0.2, -0.15) is 0 Å². The number of hydrogen-bond acceptors (Lipinski definition) is 1. The molecule has 74 valence electrons. The summed E-state index contributed by atoms with van der Waals surface area (Å²) >= 11 is 0. The van der Waals surface area contributed by atoms with E-state index in [9.17, 15) is 0 Å². The Morgan fingerprint density at radius 1 is 1.31 bits per heavy atom. The summed E-state index contributed by atoms with van der Waals surface area (Å²) in [6, 6.07) is 0.736. The van der Waals surface area contributed by atoms with E-state index in [2.05, 4.69) is 24.1 Å². The van der Waals surface area contributed by atoms with Crippen molar-refractivity contribution in [1.29, 1.82) is 0 Å². The molecule has 1 aliphatic rings. The van der Waals surface area contributed by atoms with E-state index in [-0.39, 0.29) is 0 Å². The van der Waals surface area contributed by atoms with E-state index in [0.29, 0.717) is 0 Å². The van der Waals surface area contributed by atoms with Gasteiger partial charge in [0.2, 0.25) is 0 Å². The molecule has 0 bridgehead atoms. The zero-order valence-electron chi connectivity index (χ0n) is 8.90. The van der Waals surface area contributed by atoms with E-state index in [0.717, 1.165) is 24.9 Å². The van der Waals surface area contributed by atoms with Crippen molar-refractivity contribution in [2.24, 2.45) is 5.92 Å². The lowest BCUT2D eigenvalue weighted by Crippen LogP contribution is -2.38. The molecule has 1 N–H and O–H groups in total. The number of nitrogens with one attached hydrogen (secondary N) is 1. The van der Waals surface area contributed by atoms with Crippen LogP contribution in [0.25, 0.3) is 0 Å². The Kier molecular flexibility index (Phi) is 4.93. The second-order valence-electron chi connectivity index (χ2n) is 3.84. The Bertz CT molecular complexity index is 185. The largest absolute Gasteiger partial charge is 0.314 e. The lowest BCUT2D eigenvalue weighted by molar-refractivity contribution is 0.270. The van der Waals surface area contributed by atoms with E-state index in [1.807, 2.05) is 6.92 Å². The first-order valence-electron chi connectivity index (χ1n) is 5.51. The van der Waals surface area contributed by atoms with Crippen LogP contribution in [0.2, 0.25) is 0 Å². The fourth-order valence-corrected chi connectivity index (χ4v) is 2.22. The average Bonchev–Trinajstić information content (AvgIpc) is 2.17. The topological polar surface area (TPSA) is 12.0 Å². The molecule has 1 heteroatoms. The molecule has 2 unspecified atom stereocenters. The standard InChI is InChI=1S/C12H21N/c1-3-5-8-11-9-6-7-10-12(11)13-4-2/h11-13H,4,6-10H2,1-2H3. The van der Waals surface area contributed by atoms with Crippen molar-refractivity contribution in [2.45, 2.75) is 52.0 Å². The molecule has 0 heterocycles. The minimum Gasteiger partial charge on any atom is -0.314 e. The number of rotatable bonds is 3. The van der Waals surface area contributed by atoms with Crippen LogP contribution >= 0.6 is 0 Å². The third-order valence-corrected chi connectivity index (χ3v) is 2.92. The van der Waals surface area contributed by atoms with Crippen LogP contribution in [0.4, 0.5) is 0 Å². The van der Waals surface area contributed by atoms with Gasteiger partial charge in [-0.1, -0.05) is 19.8 Å². The van der Waals surface area contributed by atoms with E-state index in [1.165, 1.54) is 25.7 Å².